The van der Waals surface area contributed by atoms with Crippen molar-refractivity contribution in [3.05, 3.63) is 88.7 Å². The number of nitrogens with zero attached hydrogens (tertiary/aromatic N) is 3. The van der Waals surface area contributed by atoms with Gasteiger partial charge in [0.2, 0.25) is 11.6 Å². The first-order chi connectivity index (χ1) is 14.2. The van der Waals surface area contributed by atoms with Gasteiger partial charge in [0.25, 0.3) is 0 Å². The minimum atomic E-state index is -0.476. The number of hydrogen-bond donors (Lipinski definition) is 2. The molecule has 0 unspecified atom stereocenters. The van der Waals surface area contributed by atoms with E-state index in [0.29, 0.717) is 0 Å². The lowest BCUT2D eigenvalue weighted by Crippen LogP contribution is -2.05. The van der Waals surface area contributed by atoms with E-state index in [1.807, 2.05) is 66.7 Å². The molecule has 4 rings (SSSR count). The summed E-state index contributed by atoms with van der Waals surface area (Å²) in [4.78, 5) is 19.6. The summed E-state index contributed by atoms with van der Waals surface area (Å²) < 4.78 is 0. The Labute approximate surface area is 167 Å². The van der Waals surface area contributed by atoms with Gasteiger partial charge in [-0.05, 0) is 35.6 Å². The number of hydrogen-bond acceptors (Lipinski definition) is 6. The average Bonchev–Trinajstić information content (AvgIpc) is 2.74. The molecule has 4 aromatic rings. The van der Waals surface area contributed by atoms with Crippen molar-refractivity contribution >= 4 is 39.5 Å². The Hall–Kier alpha value is -4.00. The molecule has 7 heteroatoms. The van der Waals surface area contributed by atoms with Crippen molar-refractivity contribution in [2.75, 3.05) is 10.6 Å². The van der Waals surface area contributed by atoms with Crippen LogP contribution in [0.5, 0.6) is 0 Å². The third kappa shape index (κ3) is 3.84. The first-order valence-corrected chi connectivity index (χ1v) is 9.26. The fraction of sp³-hybridized carbons (Fsp3) is 0.0909. The lowest BCUT2D eigenvalue weighted by atomic mass is 10.1. The van der Waals surface area contributed by atoms with E-state index in [1.165, 1.54) is 11.9 Å². The van der Waals surface area contributed by atoms with Gasteiger partial charge in [0, 0.05) is 16.8 Å². The predicted octanol–water partition coefficient (Wildman–Crippen LogP) is 5.59. The van der Waals surface area contributed by atoms with Gasteiger partial charge in [-0.2, -0.15) is 0 Å². The van der Waals surface area contributed by atoms with Crippen molar-refractivity contribution < 1.29 is 4.92 Å². The van der Waals surface area contributed by atoms with Crippen LogP contribution in [0, 0.1) is 10.1 Å². The average molecular weight is 385 g/mol. The molecule has 0 aliphatic heterocycles. The summed E-state index contributed by atoms with van der Waals surface area (Å²) in [7, 11) is 0. The molecular weight excluding hydrogens is 366 g/mol. The molecule has 144 valence electrons. The number of aromatic nitrogens is 2. The van der Waals surface area contributed by atoms with Crippen molar-refractivity contribution in [2.45, 2.75) is 13.3 Å². The van der Waals surface area contributed by atoms with Gasteiger partial charge in [0.15, 0.2) is 0 Å². The van der Waals surface area contributed by atoms with Crippen LogP contribution in [0.4, 0.5) is 28.7 Å². The molecule has 0 saturated heterocycles. The zero-order chi connectivity index (χ0) is 20.2. The quantitative estimate of drug-likeness (QED) is 0.332. The lowest BCUT2D eigenvalue weighted by molar-refractivity contribution is -0.383. The van der Waals surface area contributed by atoms with Crippen molar-refractivity contribution in [1.29, 1.82) is 0 Å². The van der Waals surface area contributed by atoms with Crippen LogP contribution in [-0.4, -0.2) is 14.9 Å². The van der Waals surface area contributed by atoms with Crippen LogP contribution in [0.25, 0.3) is 10.8 Å². The largest absolute Gasteiger partial charge is 0.353 e. The summed E-state index contributed by atoms with van der Waals surface area (Å²) in [6.07, 6.45) is 2.23. The monoisotopic (exact) mass is 385 g/mol. The topological polar surface area (TPSA) is 93.0 Å². The highest BCUT2D eigenvalue weighted by molar-refractivity contribution is 5.96. The number of nitro groups is 1. The van der Waals surface area contributed by atoms with Crippen LogP contribution in [0.2, 0.25) is 0 Å². The van der Waals surface area contributed by atoms with E-state index in [9.17, 15) is 10.1 Å². The maximum atomic E-state index is 11.8. The number of aryl methyl sites for hydroxylation is 1. The number of fused-ring (bicyclic) bond motifs is 1. The molecule has 0 radical (unpaired) electrons. The Balaban J connectivity index is 1.72. The Kier molecular flexibility index (Phi) is 5.03. The fourth-order valence-corrected chi connectivity index (χ4v) is 3.16. The minimum absolute atomic E-state index is 0.133. The lowest BCUT2D eigenvalue weighted by Gasteiger charge is -2.12. The van der Waals surface area contributed by atoms with E-state index in [-0.39, 0.29) is 17.3 Å². The van der Waals surface area contributed by atoms with Crippen LogP contribution >= 0.6 is 0 Å². The van der Waals surface area contributed by atoms with Crippen molar-refractivity contribution in [3.8, 4) is 0 Å². The van der Waals surface area contributed by atoms with E-state index < -0.39 is 4.92 Å². The summed E-state index contributed by atoms with van der Waals surface area (Å²) in [5, 5.41) is 20.0. The number of anilines is 4. The Morgan fingerprint density at radius 1 is 0.897 bits per heavy atom. The van der Waals surface area contributed by atoms with E-state index in [0.717, 1.165) is 28.6 Å². The number of benzene rings is 3. The van der Waals surface area contributed by atoms with E-state index in [2.05, 4.69) is 27.5 Å². The first-order valence-electron chi connectivity index (χ1n) is 9.26. The van der Waals surface area contributed by atoms with E-state index in [1.54, 1.807) is 0 Å². The highest BCUT2D eigenvalue weighted by Crippen LogP contribution is 2.34. The maximum Gasteiger partial charge on any atom is 0.353 e. The first kappa shape index (κ1) is 18.4. The molecule has 0 fully saturated rings. The summed E-state index contributed by atoms with van der Waals surface area (Å²) >= 11 is 0. The molecule has 0 spiro atoms. The Morgan fingerprint density at radius 2 is 1.59 bits per heavy atom. The molecule has 0 atom stereocenters. The molecule has 3 aromatic carbocycles. The smallest absolute Gasteiger partial charge is 0.334 e. The summed E-state index contributed by atoms with van der Waals surface area (Å²) in [5.74, 6) is 0.269. The molecular formula is C22H19N5O2. The van der Waals surface area contributed by atoms with Gasteiger partial charge in [-0.3, -0.25) is 10.1 Å². The van der Waals surface area contributed by atoms with E-state index >= 15 is 0 Å². The zero-order valence-electron chi connectivity index (χ0n) is 15.8. The maximum absolute atomic E-state index is 11.8. The van der Waals surface area contributed by atoms with Crippen LogP contribution in [-0.2, 0) is 6.42 Å². The molecule has 0 bridgehead atoms. The van der Waals surface area contributed by atoms with Crippen molar-refractivity contribution in [2.24, 2.45) is 0 Å². The second kappa shape index (κ2) is 7.93. The predicted molar refractivity (Wildman–Crippen MR) is 115 cm³/mol. The second-order valence-electron chi connectivity index (χ2n) is 6.50. The van der Waals surface area contributed by atoms with Gasteiger partial charge in [-0.15, -0.1) is 0 Å². The number of nitrogens with one attached hydrogen (secondary N) is 2. The van der Waals surface area contributed by atoms with Crippen LogP contribution in [0.15, 0.2) is 73.1 Å². The summed E-state index contributed by atoms with van der Waals surface area (Å²) in [6.45, 7) is 2.07. The summed E-state index contributed by atoms with van der Waals surface area (Å²) in [5.41, 5.74) is 2.44. The van der Waals surface area contributed by atoms with Crippen molar-refractivity contribution in [3.63, 3.8) is 0 Å². The molecule has 1 aromatic heterocycles. The highest BCUT2D eigenvalue weighted by Gasteiger charge is 2.23. The molecule has 2 N–H and O–H groups in total. The molecule has 0 saturated carbocycles. The standard InChI is InChI=1S/C22H19N5O2/c1-2-15-10-12-17(13-11-15)25-21-20(27(28)29)22(24-14-23-21)26-19-9-5-7-16-6-3-4-8-18(16)19/h3-14H,2H2,1H3,(H2,23,24,25,26). The molecule has 0 aliphatic rings. The van der Waals surface area contributed by atoms with Crippen LogP contribution in [0.3, 0.4) is 0 Å². The minimum Gasteiger partial charge on any atom is -0.334 e. The fourth-order valence-electron chi connectivity index (χ4n) is 3.16. The van der Waals surface area contributed by atoms with E-state index in [4.69, 9.17) is 0 Å². The zero-order valence-corrected chi connectivity index (χ0v) is 15.8. The number of rotatable bonds is 6. The van der Waals surface area contributed by atoms with Crippen LogP contribution in [0.1, 0.15) is 12.5 Å². The second-order valence-corrected chi connectivity index (χ2v) is 6.50. The van der Waals surface area contributed by atoms with Crippen molar-refractivity contribution in [1.82, 2.24) is 9.97 Å². The summed E-state index contributed by atoms with van der Waals surface area (Å²) in [6, 6.07) is 21.3. The normalized spacial score (nSPS) is 10.7. The van der Waals surface area contributed by atoms with Gasteiger partial charge < -0.3 is 10.6 Å². The Morgan fingerprint density at radius 3 is 2.31 bits per heavy atom. The molecule has 0 aliphatic carbocycles. The Bertz CT molecular complexity index is 1170. The molecule has 29 heavy (non-hydrogen) atoms. The molecule has 1 heterocycles. The SMILES string of the molecule is CCc1ccc(Nc2ncnc(Nc3cccc4ccccc34)c2[N+](=O)[O-])cc1. The third-order valence-corrected chi connectivity index (χ3v) is 4.67. The van der Waals surface area contributed by atoms with Gasteiger partial charge in [-0.1, -0.05) is 55.5 Å². The van der Waals surface area contributed by atoms with Crippen LogP contribution < -0.4 is 10.6 Å². The molecule has 0 amide bonds. The van der Waals surface area contributed by atoms with Gasteiger partial charge >= 0.3 is 5.69 Å². The van der Waals surface area contributed by atoms with Gasteiger partial charge in [0.1, 0.15) is 6.33 Å². The highest BCUT2D eigenvalue weighted by atomic mass is 16.6. The third-order valence-electron chi connectivity index (χ3n) is 4.67. The van der Waals surface area contributed by atoms with Gasteiger partial charge in [-0.25, -0.2) is 9.97 Å². The van der Waals surface area contributed by atoms with Gasteiger partial charge in [0.05, 0.1) is 4.92 Å². The molecule has 7 nitrogen and oxygen atoms in total.